The number of nitrogens with two attached hydrogens (primary N) is 1. The van der Waals surface area contributed by atoms with Crippen LogP contribution in [0, 0.1) is 6.92 Å². The Morgan fingerprint density at radius 1 is 1.71 bits per heavy atom. The van der Waals surface area contributed by atoms with E-state index < -0.39 is 0 Å². The maximum Gasteiger partial charge on any atom is 0.186 e. The van der Waals surface area contributed by atoms with Gasteiger partial charge in [0.1, 0.15) is 0 Å². The second kappa shape index (κ2) is 3.87. The minimum Gasteiger partial charge on any atom is -0.341 e. The molecule has 3 nitrogen and oxygen atoms in total. The lowest BCUT2D eigenvalue weighted by molar-refractivity contribution is 0.636. The number of hydrogen-bond donors (Lipinski definition) is 1. The van der Waals surface area contributed by atoms with Crippen LogP contribution in [0.5, 0.6) is 0 Å². The molecule has 1 atom stereocenters. The Hall–Kier alpha value is -0.610. The van der Waals surface area contributed by atoms with Gasteiger partial charge in [-0.1, -0.05) is 0 Å². The molecule has 0 saturated heterocycles. The molecule has 0 bridgehead atoms. The molecule has 0 radical (unpaired) electrons. The molecule has 2 rings (SSSR count). The van der Waals surface area contributed by atoms with E-state index in [0.29, 0.717) is 18.6 Å². The normalized spacial score (nSPS) is 18.2. The Bertz CT molecular complexity index is 306. The molecule has 1 saturated carbocycles. The van der Waals surface area contributed by atoms with Gasteiger partial charge in [-0.05, 0) is 26.7 Å². The monoisotopic (exact) mass is 211 g/mol. The van der Waals surface area contributed by atoms with E-state index in [1.165, 1.54) is 17.7 Å². The highest BCUT2D eigenvalue weighted by Gasteiger charge is 2.33. The third-order valence-corrected chi connectivity index (χ3v) is 3.51. The molecule has 0 aromatic carbocycles. The van der Waals surface area contributed by atoms with E-state index in [2.05, 4.69) is 23.7 Å². The summed E-state index contributed by atoms with van der Waals surface area (Å²) in [4.78, 5) is 8.09. The molecule has 1 aromatic rings. The maximum atomic E-state index is 5.72. The summed E-state index contributed by atoms with van der Waals surface area (Å²) in [5, 5.41) is 1.14. The molecule has 1 aliphatic carbocycles. The molecule has 0 aliphatic heterocycles. The molecule has 1 aromatic heterocycles. The Balaban J connectivity index is 2.17. The fourth-order valence-corrected chi connectivity index (χ4v) is 2.57. The minimum absolute atomic E-state index is 0.410. The van der Waals surface area contributed by atoms with Gasteiger partial charge in [0.05, 0.1) is 0 Å². The fraction of sp³-hybridized carbons (Fsp3) is 0.700. The number of anilines is 1. The van der Waals surface area contributed by atoms with Gasteiger partial charge in [0, 0.05) is 29.7 Å². The molecule has 2 N–H and O–H groups in total. The quantitative estimate of drug-likeness (QED) is 0.825. The first-order valence-corrected chi connectivity index (χ1v) is 5.95. The van der Waals surface area contributed by atoms with Gasteiger partial charge in [0.2, 0.25) is 0 Å². The standard InChI is InChI=1S/C10H17N3S/c1-7(5-11)13(9-3-4-9)10-12-6-8(2)14-10/h6-7,9H,3-5,11H2,1-2H3. The van der Waals surface area contributed by atoms with Crippen LogP contribution < -0.4 is 10.6 Å². The zero-order valence-electron chi connectivity index (χ0n) is 8.73. The summed E-state index contributed by atoms with van der Waals surface area (Å²) in [5.74, 6) is 0. The van der Waals surface area contributed by atoms with Crippen molar-refractivity contribution in [3.8, 4) is 0 Å². The van der Waals surface area contributed by atoms with Crippen LogP contribution >= 0.6 is 11.3 Å². The molecular weight excluding hydrogens is 194 g/mol. The first kappa shape index (κ1) is 9.93. The van der Waals surface area contributed by atoms with Crippen LogP contribution in [0.15, 0.2) is 6.20 Å². The summed E-state index contributed by atoms with van der Waals surface area (Å²) >= 11 is 1.77. The lowest BCUT2D eigenvalue weighted by Crippen LogP contribution is -2.40. The Labute approximate surface area is 88.9 Å². The van der Waals surface area contributed by atoms with Crippen LogP contribution in [-0.2, 0) is 0 Å². The molecule has 1 heterocycles. The topological polar surface area (TPSA) is 42.2 Å². The third-order valence-electron chi connectivity index (χ3n) is 2.59. The van der Waals surface area contributed by atoms with Crippen LogP contribution in [0.4, 0.5) is 5.13 Å². The largest absolute Gasteiger partial charge is 0.341 e. The van der Waals surface area contributed by atoms with Gasteiger partial charge in [-0.3, -0.25) is 0 Å². The molecule has 1 fully saturated rings. The molecule has 78 valence electrons. The second-order valence-electron chi connectivity index (χ2n) is 3.98. The van der Waals surface area contributed by atoms with Gasteiger partial charge >= 0.3 is 0 Å². The Morgan fingerprint density at radius 3 is 2.86 bits per heavy atom. The SMILES string of the molecule is Cc1cnc(N(C(C)CN)C2CC2)s1. The van der Waals surface area contributed by atoms with E-state index in [0.717, 1.165) is 5.13 Å². The van der Waals surface area contributed by atoms with Crippen molar-refractivity contribution >= 4 is 16.5 Å². The van der Waals surface area contributed by atoms with Gasteiger partial charge in [0.25, 0.3) is 0 Å². The Kier molecular flexibility index (Phi) is 2.74. The predicted molar refractivity (Wildman–Crippen MR) is 60.9 cm³/mol. The van der Waals surface area contributed by atoms with Gasteiger partial charge in [-0.2, -0.15) is 0 Å². The number of hydrogen-bond acceptors (Lipinski definition) is 4. The number of nitrogens with zero attached hydrogens (tertiary/aromatic N) is 2. The van der Waals surface area contributed by atoms with Crippen molar-refractivity contribution < 1.29 is 0 Å². The van der Waals surface area contributed by atoms with Crippen LogP contribution in [-0.4, -0.2) is 23.6 Å². The number of thiazole rings is 1. The second-order valence-corrected chi connectivity index (χ2v) is 5.19. The summed E-state index contributed by atoms with van der Waals surface area (Å²) in [7, 11) is 0. The fourth-order valence-electron chi connectivity index (χ4n) is 1.63. The number of aromatic nitrogens is 1. The van der Waals surface area contributed by atoms with Crippen molar-refractivity contribution in [3.05, 3.63) is 11.1 Å². The summed E-state index contributed by atoms with van der Waals surface area (Å²) in [6.45, 7) is 4.98. The highest BCUT2D eigenvalue weighted by molar-refractivity contribution is 7.15. The number of rotatable bonds is 4. The van der Waals surface area contributed by atoms with Crippen LogP contribution in [0.1, 0.15) is 24.6 Å². The molecule has 14 heavy (non-hydrogen) atoms. The average molecular weight is 211 g/mol. The minimum atomic E-state index is 0.410. The van der Waals surface area contributed by atoms with Crippen LogP contribution in [0.2, 0.25) is 0 Å². The Morgan fingerprint density at radius 2 is 2.43 bits per heavy atom. The van der Waals surface area contributed by atoms with E-state index in [1.54, 1.807) is 11.3 Å². The van der Waals surface area contributed by atoms with E-state index in [4.69, 9.17) is 5.73 Å². The highest BCUT2D eigenvalue weighted by atomic mass is 32.1. The van der Waals surface area contributed by atoms with Gasteiger partial charge in [0.15, 0.2) is 5.13 Å². The first-order valence-electron chi connectivity index (χ1n) is 5.13. The number of aryl methyl sites for hydroxylation is 1. The van der Waals surface area contributed by atoms with Crippen molar-refractivity contribution in [2.24, 2.45) is 5.73 Å². The highest BCUT2D eigenvalue weighted by Crippen LogP contribution is 2.35. The van der Waals surface area contributed by atoms with Crippen molar-refractivity contribution in [1.82, 2.24) is 4.98 Å². The molecule has 1 aliphatic rings. The maximum absolute atomic E-state index is 5.72. The summed E-state index contributed by atoms with van der Waals surface area (Å²) in [6.07, 6.45) is 4.53. The summed E-state index contributed by atoms with van der Waals surface area (Å²) < 4.78 is 0. The smallest absolute Gasteiger partial charge is 0.186 e. The molecular formula is C10H17N3S. The lowest BCUT2D eigenvalue weighted by Gasteiger charge is -2.27. The summed E-state index contributed by atoms with van der Waals surface area (Å²) in [5.41, 5.74) is 5.72. The van der Waals surface area contributed by atoms with Crippen molar-refractivity contribution in [2.45, 2.75) is 38.8 Å². The third kappa shape index (κ3) is 1.91. The van der Waals surface area contributed by atoms with Crippen molar-refractivity contribution in [3.63, 3.8) is 0 Å². The van der Waals surface area contributed by atoms with Crippen molar-refractivity contribution in [1.29, 1.82) is 0 Å². The molecule has 0 amide bonds. The van der Waals surface area contributed by atoms with Gasteiger partial charge in [-0.15, -0.1) is 11.3 Å². The molecule has 0 spiro atoms. The van der Waals surface area contributed by atoms with Gasteiger partial charge < -0.3 is 10.6 Å². The molecule has 4 heteroatoms. The first-order chi connectivity index (χ1) is 6.72. The average Bonchev–Trinajstić information content (AvgIpc) is 2.90. The molecule has 1 unspecified atom stereocenters. The van der Waals surface area contributed by atoms with Crippen LogP contribution in [0.3, 0.4) is 0 Å². The summed E-state index contributed by atoms with van der Waals surface area (Å²) in [6, 6.07) is 1.10. The lowest BCUT2D eigenvalue weighted by atomic mass is 10.3. The van der Waals surface area contributed by atoms with E-state index >= 15 is 0 Å². The zero-order valence-corrected chi connectivity index (χ0v) is 9.55. The van der Waals surface area contributed by atoms with E-state index in [1.807, 2.05) is 6.20 Å². The zero-order chi connectivity index (χ0) is 10.1. The predicted octanol–water partition coefficient (Wildman–Crippen LogP) is 1.77. The van der Waals surface area contributed by atoms with Gasteiger partial charge in [-0.25, -0.2) is 4.98 Å². The van der Waals surface area contributed by atoms with E-state index in [-0.39, 0.29) is 0 Å². The van der Waals surface area contributed by atoms with Crippen molar-refractivity contribution in [2.75, 3.05) is 11.4 Å². The van der Waals surface area contributed by atoms with Crippen LogP contribution in [0.25, 0.3) is 0 Å². The van der Waals surface area contributed by atoms with E-state index in [9.17, 15) is 0 Å².